The number of hydrogen-bond acceptors (Lipinski definition) is 4. The molecule has 172 valence electrons. The van der Waals surface area contributed by atoms with Crippen LogP contribution in [-0.4, -0.2) is 44.2 Å². The van der Waals surface area contributed by atoms with Crippen molar-refractivity contribution in [3.05, 3.63) is 52.1 Å². The first-order valence-electron chi connectivity index (χ1n) is 10.6. The number of anilines is 2. The Labute approximate surface area is 190 Å². The van der Waals surface area contributed by atoms with Crippen LogP contribution >= 0.6 is 0 Å². The van der Waals surface area contributed by atoms with Gasteiger partial charge < -0.3 is 10.2 Å². The Balaban J connectivity index is 1.98. The third kappa shape index (κ3) is 4.04. The number of likely N-dealkylation sites (N-methyl/N-ethyl adjacent to an activating group) is 1. The third-order valence-corrected chi connectivity index (χ3v) is 8.66. The lowest BCUT2D eigenvalue weighted by Gasteiger charge is -2.30. The normalized spacial score (nSPS) is 16.6. The fraction of sp³-hybridized carbons (Fsp3) is 0.417. The molecule has 8 heteroatoms. The summed E-state index contributed by atoms with van der Waals surface area (Å²) in [5.74, 6) is -0.568. The average molecular weight is 458 g/mol. The summed E-state index contributed by atoms with van der Waals surface area (Å²) < 4.78 is 28.2. The number of fused-ring (bicyclic) bond motifs is 1. The number of nitrogens with one attached hydrogen (secondary N) is 1. The highest BCUT2D eigenvalue weighted by Gasteiger charge is 2.34. The van der Waals surface area contributed by atoms with Gasteiger partial charge in [0.1, 0.15) is 0 Å². The van der Waals surface area contributed by atoms with Crippen LogP contribution in [0.5, 0.6) is 0 Å². The predicted octanol–water partition coefficient (Wildman–Crippen LogP) is 3.61. The second kappa shape index (κ2) is 8.67. The maximum Gasteiger partial charge on any atom is 0.243 e. The molecule has 3 rings (SSSR count). The largest absolute Gasteiger partial charge is 0.324 e. The molecular formula is C24H31N3O4S. The highest BCUT2D eigenvalue weighted by Crippen LogP contribution is 2.33. The van der Waals surface area contributed by atoms with Crippen LogP contribution in [0.4, 0.5) is 11.4 Å². The predicted molar refractivity (Wildman–Crippen MR) is 127 cm³/mol. The zero-order valence-corrected chi connectivity index (χ0v) is 20.6. The first-order valence-corrected chi connectivity index (χ1v) is 12.1. The molecule has 0 aromatic heterocycles. The lowest BCUT2D eigenvalue weighted by molar-refractivity contribution is -0.119. The summed E-state index contributed by atoms with van der Waals surface area (Å²) in [6.07, 6.45) is 0.130. The summed E-state index contributed by atoms with van der Waals surface area (Å²) in [5, 5.41) is 2.82. The van der Waals surface area contributed by atoms with E-state index < -0.39 is 16.1 Å². The van der Waals surface area contributed by atoms with Crippen LogP contribution in [0.15, 0.2) is 29.2 Å². The van der Waals surface area contributed by atoms with Crippen LogP contribution in [0, 0.1) is 34.6 Å². The number of sulfonamides is 1. The summed E-state index contributed by atoms with van der Waals surface area (Å²) in [6, 6.07) is 6.65. The number of carbonyl (C=O) groups is 2. The number of nitrogens with zero attached hydrogens (tertiary/aromatic N) is 2. The van der Waals surface area contributed by atoms with Crippen molar-refractivity contribution < 1.29 is 18.0 Å². The molecule has 1 atom stereocenters. The third-order valence-electron chi connectivity index (χ3n) is 6.59. The average Bonchev–Trinajstić information content (AvgIpc) is 2.84. The van der Waals surface area contributed by atoms with Crippen LogP contribution in [0.3, 0.4) is 0 Å². The second-order valence-electron chi connectivity index (χ2n) is 8.60. The smallest absolute Gasteiger partial charge is 0.243 e. The van der Waals surface area contributed by atoms with E-state index in [-0.39, 0.29) is 29.7 Å². The first-order chi connectivity index (χ1) is 14.9. The highest BCUT2D eigenvalue weighted by atomic mass is 32.2. The molecule has 0 radical (unpaired) electrons. The van der Waals surface area contributed by atoms with Gasteiger partial charge in [-0.1, -0.05) is 12.1 Å². The Kier molecular flexibility index (Phi) is 6.49. The summed E-state index contributed by atoms with van der Waals surface area (Å²) in [5.41, 5.74) is 5.46. The molecule has 2 aromatic rings. The molecular weight excluding hydrogens is 426 g/mol. The molecule has 1 aliphatic heterocycles. The number of carbonyl (C=O) groups excluding carboxylic acids is 2. The second-order valence-corrected chi connectivity index (χ2v) is 10.6. The Hall–Kier alpha value is -2.71. The summed E-state index contributed by atoms with van der Waals surface area (Å²) in [7, 11) is -2.48. The van der Waals surface area contributed by atoms with Crippen LogP contribution in [0.25, 0.3) is 0 Å². The Morgan fingerprint density at radius 1 is 1.03 bits per heavy atom. The summed E-state index contributed by atoms with van der Waals surface area (Å²) in [4.78, 5) is 27.3. The quantitative estimate of drug-likeness (QED) is 0.760. The van der Waals surface area contributed by atoms with E-state index in [1.165, 1.54) is 11.9 Å². The van der Waals surface area contributed by atoms with Crippen molar-refractivity contribution in [1.29, 1.82) is 0 Å². The molecule has 1 N–H and O–H groups in total. The van der Waals surface area contributed by atoms with E-state index in [1.54, 1.807) is 31.2 Å². The van der Waals surface area contributed by atoms with Gasteiger partial charge in [-0.25, -0.2) is 8.42 Å². The van der Waals surface area contributed by atoms with Crippen molar-refractivity contribution >= 4 is 33.2 Å². The minimum atomic E-state index is -3.91. The first kappa shape index (κ1) is 23.9. The van der Waals surface area contributed by atoms with Crippen LogP contribution in [0.2, 0.25) is 0 Å². The zero-order valence-electron chi connectivity index (χ0n) is 19.7. The van der Waals surface area contributed by atoms with Crippen molar-refractivity contribution in [3.63, 3.8) is 0 Å². The van der Waals surface area contributed by atoms with E-state index in [4.69, 9.17) is 0 Å². The van der Waals surface area contributed by atoms with Crippen LogP contribution in [0.1, 0.15) is 41.2 Å². The minimum absolute atomic E-state index is 0.130. The van der Waals surface area contributed by atoms with Crippen molar-refractivity contribution in [2.45, 2.75) is 58.9 Å². The summed E-state index contributed by atoms with van der Waals surface area (Å²) >= 11 is 0. The highest BCUT2D eigenvalue weighted by molar-refractivity contribution is 7.89. The molecule has 0 aliphatic carbocycles. The van der Waals surface area contributed by atoms with Gasteiger partial charge in [0, 0.05) is 19.5 Å². The molecule has 1 unspecified atom stereocenters. The van der Waals surface area contributed by atoms with Crippen molar-refractivity contribution in [2.75, 3.05) is 23.8 Å². The van der Waals surface area contributed by atoms with Gasteiger partial charge in [0.25, 0.3) is 0 Å². The maximum atomic E-state index is 13.5. The molecule has 7 nitrogen and oxygen atoms in total. The van der Waals surface area contributed by atoms with Gasteiger partial charge in [-0.3, -0.25) is 9.59 Å². The van der Waals surface area contributed by atoms with Crippen molar-refractivity contribution in [1.82, 2.24) is 4.31 Å². The van der Waals surface area contributed by atoms with Crippen LogP contribution in [-0.2, 0) is 19.6 Å². The Morgan fingerprint density at radius 2 is 1.56 bits per heavy atom. The van der Waals surface area contributed by atoms with E-state index in [9.17, 15) is 18.0 Å². The number of hydrogen-bond donors (Lipinski definition) is 1. The van der Waals surface area contributed by atoms with E-state index in [1.807, 2.05) is 34.6 Å². The molecule has 1 aliphatic rings. The molecule has 0 bridgehead atoms. The topological polar surface area (TPSA) is 86.8 Å². The van der Waals surface area contributed by atoms with Gasteiger partial charge >= 0.3 is 0 Å². The monoisotopic (exact) mass is 457 g/mol. The Bertz CT molecular complexity index is 1170. The molecule has 2 amide bonds. The molecule has 2 aromatic carbocycles. The molecule has 32 heavy (non-hydrogen) atoms. The van der Waals surface area contributed by atoms with Gasteiger partial charge in [-0.2, -0.15) is 4.31 Å². The van der Waals surface area contributed by atoms with E-state index in [2.05, 4.69) is 5.32 Å². The summed E-state index contributed by atoms with van der Waals surface area (Å²) in [6.45, 7) is 10.9. The number of amides is 2. The fourth-order valence-electron chi connectivity index (χ4n) is 4.33. The van der Waals surface area contributed by atoms with Crippen molar-refractivity contribution in [3.8, 4) is 0 Å². The Morgan fingerprint density at radius 3 is 2.16 bits per heavy atom. The molecule has 0 saturated heterocycles. The van der Waals surface area contributed by atoms with Gasteiger partial charge in [0.05, 0.1) is 22.8 Å². The van der Waals surface area contributed by atoms with E-state index in [0.717, 1.165) is 21.0 Å². The zero-order chi connectivity index (χ0) is 24.0. The number of para-hydroxylation sites is 2. The number of rotatable bonds is 4. The van der Waals surface area contributed by atoms with Crippen molar-refractivity contribution in [2.24, 2.45) is 0 Å². The molecule has 0 fully saturated rings. The van der Waals surface area contributed by atoms with E-state index >= 15 is 0 Å². The lowest BCUT2D eigenvalue weighted by Crippen LogP contribution is -2.45. The van der Waals surface area contributed by atoms with Gasteiger partial charge in [-0.05, 0) is 81.5 Å². The standard InChI is InChI=1S/C24H31N3O4S/c1-14-12-22(28)25-20-10-8-9-11-21(20)27(14)23(29)13-26(7)32(30,31)24-18(5)16(3)15(2)17(4)19(24)6/h8-11,14H,12-13H2,1-7H3,(H,25,28). The molecule has 0 saturated carbocycles. The maximum absolute atomic E-state index is 13.5. The SMILES string of the molecule is Cc1c(C)c(C)c(S(=O)(=O)N(C)CC(=O)N2c3ccccc3NC(=O)CC2C)c(C)c1C. The number of benzene rings is 2. The minimum Gasteiger partial charge on any atom is -0.324 e. The van der Waals surface area contributed by atoms with E-state index in [0.29, 0.717) is 22.5 Å². The van der Waals surface area contributed by atoms with Gasteiger partial charge in [-0.15, -0.1) is 0 Å². The fourth-order valence-corrected chi connectivity index (χ4v) is 6.00. The van der Waals surface area contributed by atoms with Crippen LogP contribution < -0.4 is 10.2 Å². The lowest BCUT2D eigenvalue weighted by atomic mass is 9.95. The van der Waals surface area contributed by atoms with Gasteiger partial charge in [0.2, 0.25) is 21.8 Å². The molecule has 1 heterocycles. The molecule has 0 spiro atoms. The van der Waals surface area contributed by atoms with Gasteiger partial charge in [0.15, 0.2) is 0 Å².